The summed E-state index contributed by atoms with van der Waals surface area (Å²) in [5.41, 5.74) is 2.86. The summed E-state index contributed by atoms with van der Waals surface area (Å²) < 4.78 is 0. The van der Waals surface area contributed by atoms with Crippen LogP contribution in [0.2, 0.25) is 32.7 Å². The third kappa shape index (κ3) is 4.25. The Morgan fingerprint density at radius 1 is 0.562 bits per heavy atom. The number of benzene rings is 4. The van der Waals surface area contributed by atoms with Gasteiger partial charge in [-0.05, 0) is 26.7 Å². The summed E-state index contributed by atoms with van der Waals surface area (Å²) in [4.78, 5) is 0. The van der Waals surface area contributed by atoms with E-state index in [1.807, 2.05) is 0 Å². The summed E-state index contributed by atoms with van der Waals surface area (Å²) in [6.45, 7) is 12.3. The predicted octanol–water partition coefficient (Wildman–Crippen LogP) is 4.38. The summed E-state index contributed by atoms with van der Waals surface area (Å²) in [6.07, 6.45) is 0. The third-order valence-corrected chi connectivity index (χ3v) is 13.9. The van der Waals surface area contributed by atoms with Gasteiger partial charge >= 0.3 is 0 Å². The van der Waals surface area contributed by atoms with Crippen molar-refractivity contribution in [3.8, 4) is 11.1 Å². The van der Waals surface area contributed by atoms with Crippen LogP contribution in [0, 0.1) is 0 Å². The third-order valence-electron chi connectivity index (χ3n) is 6.56. The lowest BCUT2D eigenvalue weighted by Crippen LogP contribution is -2.66. The highest BCUT2D eigenvalue weighted by Gasteiger charge is 2.37. The normalized spacial score (nSPS) is 11.8. The van der Waals surface area contributed by atoms with E-state index in [1.54, 1.807) is 15.6 Å². The fraction of sp³-hybridized carbons (Fsp3) is 0.172. The van der Waals surface area contributed by atoms with E-state index >= 15 is 0 Å². The molecular weight excluding hydrogens is 433 g/mol. The molecule has 0 unspecified atom stereocenters. The molecule has 0 atom stereocenters. The number of rotatable bonds is 6. The van der Waals surface area contributed by atoms with Crippen LogP contribution in [0.3, 0.4) is 0 Å². The SMILES string of the molecule is C[Si](C)c1cc([Si](C)C)c(-c2ccccc2)c([Si](C)(c2ccccc2)c2ccccc2)c1. The first kappa shape index (κ1) is 22.7. The molecule has 0 saturated carbocycles. The topological polar surface area (TPSA) is 0 Å². The Kier molecular flexibility index (Phi) is 6.79. The van der Waals surface area contributed by atoms with Crippen molar-refractivity contribution >= 4 is 51.6 Å². The molecule has 4 aromatic rings. The van der Waals surface area contributed by atoms with Crippen molar-refractivity contribution in [1.82, 2.24) is 0 Å². The minimum absolute atomic E-state index is 0.571. The molecule has 2 radical (unpaired) electrons. The monoisotopic (exact) mass is 464 g/mol. The smallest absolute Gasteiger partial charge is 0.0671 e. The Hall–Kier alpha value is -2.47. The second-order valence-electron chi connectivity index (χ2n) is 9.17. The van der Waals surface area contributed by atoms with Crippen molar-refractivity contribution in [3.63, 3.8) is 0 Å². The molecule has 0 nitrogen and oxygen atoms in total. The Balaban J connectivity index is 2.16. The first-order valence-electron chi connectivity index (χ1n) is 11.4. The molecule has 0 N–H and O–H groups in total. The van der Waals surface area contributed by atoms with Gasteiger partial charge < -0.3 is 0 Å². The summed E-state index contributed by atoms with van der Waals surface area (Å²) in [7, 11) is -3.45. The number of hydrogen-bond acceptors (Lipinski definition) is 0. The van der Waals surface area contributed by atoms with Gasteiger partial charge in [-0.25, -0.2) is 0 Å². The van der Waals surface area contributed by atoms with E-state index in [9.17, 15) is 0 Å². The van der Waals surface area contributed by atoms with Crippen molar-refractivity contribution < 1.29 is 0 Å². The van der Waals surface area contributed by atoms with Crippen LogP contribution in [0.4, 0.5) is 0 Å². The first-order chi connectivity index (χ1) is 15.4. The van der Waals surface area contributed by atoms with E-state index in [1.165, 1.54) is 21.5 Å². The molecule has 0 spiro atoms. The minimum Gasteiger partial charge on any atom is -0.0671 e. The zero-order valence-corrected chi connectivity index (χ0v) is 22.8. The maximum atomic E-state index is 2.59. The van der Waals surface area contributed by atoms with Gasteiger partial charge in [0.1, 0.15) is 8.07 Å². The van der Waals surface area contributed by atoms with E-state index in [-0.39, 0.29) is 0 Å². The molecule has 0 aliphatic carbocycles. The zero-order valence-electron chi connectivity index (χ0n) is 19.8. The lowest BCUT2D eigenvalue weighted by atomic mass is 10.1. The van der Waals surface area contributed by atoms with Crippen LogP contribution in [-0.4, -0.2) is 25.7 Å². The molecule has 0 fully saturated rings. The molecule has 32 heavy (non-hydrogen) atoms. The Morgan fingerprint density at radius 3 is 1.47 bits per heavy atom. The second-order valence-corrected chi connectivity index (χ2v) is 18.2. The highest BCUT2D eigenvalue weighted by molar-refractivity contribution is 7.11. The number of hydrogen-bond donors (Lipinski definition) is 0. The maximum absolute atomic E-state index is 2.59. The van der Waals surface area contributed by atoms with Crippen LogP contribution in [0.15, 0.2) is 103 Å². The van der Waals surface area contributed by atoms with Gasteiger partial charge in [0.15, 0.2) is 0 Å². The van der Waals surface area contributed by atoms with Gasteiger partial charge in [0, 0.05) is 0 Å². The molecule has 0 bridgehead atoms. The lowest BCUT2D eigenvalue weighted by molar-refractivity contribution is 1.64. The summed E-state index contributed by atoms with van der Waals surface area (Å²) >= 11 is 0. The van der Waals surface area contributed by atoms with Crippen LogP contribution >= 0.6 is 0 Å². The van der Waals surface area contributed by atoms with Gasteiger partial charge in [0.25, 0.3) is 0 Å². The molecule has 0 aliphatic heterocycles. The van der Waals surface area contributed by atoms with Crippen LogP contribution in [0.5, 0.6) is 0 Å². The van der Waals surface area contributed by atoms with Crippen LogP contribution in [-0.2, 0) is 0 Å². The van der Waals surface area contributed by atoms with Crippen LogP contribution in [0.1, 0.15) is 0 Å². The van der Waals surface area contributed by atoms with Gasteiger partial charge in [-0.2, -0.15) is 0 Å². The summed E-state index contributed by atoms with van der Waals surface area (Å²) in [5, 5.41) is 7.69. The van der Waals surface area contributed by atoms with Gasteiger partial charge in [0.05, 0.1) is 17.6 Å². The molecule has 160 valence electrons. The van der Waals surface area contributed by atoms with Gasteiger partial charge in [-0.3, -0.25) is 0 Å². The molecule has 0 aliphatic rings. The van der Waals surface area contributed by atoms with Crippen molar-refractivity contribution in [1.29, 1.82) is 0 Å². The average Bonchev–Trinajstić information content (AvgIpc) is 2.84. The first-order valence-corrected chi connectivity index (χ1v) is 18.9. The van der Waals surface area contributed by atoms with Crippen LogP contribution in [0.25, 0.3) is 11.1 Å². The lowest BCUT2D eigenvalue weighted by Gasteiger charge is -2.34. The van der Waals surface area contributed by atoms with Gasteiger partial charge in [-0.1, -0.05) is 146 Å². The Bertz CT molecular complexity index is 1130. The van der Waals surface area contributed by atoms with E-state index in [0.717, 1.165) is 0 Å². The van der Waals surface area contributed by atoms with Crippen molar-refractivity contribution in [2.75, 3.05) is 0 Å². The van der Waals surface area contributed by atoms with Gasteiger partial charge in [-0.15, -0.1) is 0 Å². The summed E-state index contributed by atoms with van der Waals surface area (Å²) in [6, 6.07) is 38.8. The Labute approximate surface area is 198 Å². The molecule has 0 aromatic heterocycles. The fourth-order valence-electron chi connectivity index (χ4n) is 4.66. The quantitative estimate of drug-likeness (QED) is 0.293. The fourth-order valence-corrected chi connectivity index (χ4v) is 11.1. The average molecular weight is 465 g/mol. The van der Waals surface area contributed by atoms with E-state index in [4.69, 9.17) is 0 Å². The molecular formula is C29H32Si3. The second kappa shape index (κ2) is 9.57. The van der Waals surface area contributed by atoms with Crippen molar-refractivity contribution in [2.45, 2.75) is 32.7 Å². The molecule has 4 rings (SSSR count). The largest absolute Gasteiger partial charge is 0.146 e. The molecule has 0 saturated heterocycles. The molecule has 3 heteroatoms. The van der Waals surface area contributed by atoms with Crippen LogP contribution < -0.4 is 25.9 Å². The highest BCUT2D eigenvalue weighted by Crippen LogP contribution is 2.20. The van der Waals surface area contributed by atoms with E-state index in [0.29, 0.717) is 0 Å². The summed E-state index contributed by atoms with van der Waals surface area (Å²) in [5.74, 6) is 0. The van der Waals surface area contributed by atoms with Crippen molar-refractivity contribution in [3.05, 3.63) is 103 Å². The predicted molar refractivity (Wildman–Crippen MR) is 150 cm³/mol. The molecule has 4 aromatic carbocycles. The molecule has 0 heterocycles. The maximum Gasteiger partial charge on any atom is 0.146 e. The highest BCUT2D eigenvalue weighted by atomic mass is 28.3. The standard InChI is InChI=1S/C29H32Si3/c1-30(2)24-21-27(31(3)4)29(23-15-9-6-10-16-23)28(22-24)32(5,25-17-11-7-12-18-25)26-19-13-8-14-20-26/h6-22H,1-5H3. The van der Waals surface area contributed by atoms with Crippen molar-refractivity contribution in [2.24, 2.45) is 0 Å². The van der Waals surface area contributed by atoms with E-state index in [2.05, 4.69) is 136 Å². The van der Waals surface area contributed by atoms with E-state index < -0.39 is 25.7 Å². The zero-order chi connectivity index (χ0) is 22.7. The minimum atomic E-state index is -2.23. The Morgan fingerprint density at radius 2 is 1.03 bits per heavy atom. The molecule has 0 amide bonds. The van der Waals surface area contributed by atoms with Gasteiger partial charge in [0.2, 0.25) is 0 Å².